The van der Waals surface area contributed by atoms with E-state index >= 15 is 0 Å². The zero-order valence-corrected chi connectivity index (χ0v) is 9.44. The van der Waals surface area contributed by atoms with Crippen LogP contribution in [-0.4, -0.2) is 18.3 Å². The first-order chi connectivity index (χ1) is 6.70. The molecule has 0 aromatic heterocycles. The molecule has 1 atom stereocenters. The Morgan fingerprint density at radius 3 is 2.36 bits per heavy atom. The summed E-state index contributed by atoms with van der Waals surface area (Å²) in [4.78, 5) is 0. The Hall–Kier alpha value is -0.280. The van der Waals surface area contributed by atoms with Crippen LogP contribution < -0.4 is 5.32 Å². The molecule has 4 heteroatoms. The van der Waals surface area contributed by atoms with E-state index in [0.29, 0.717) is 10.0 Å². The molecular weight excluding hydrogens is 221 g/mol. The van der Waals surface area contributed by atoms with Crippen molar-refractivity contribution in [3.05, 3.63) is 33.8 Å². The number of nitrogens with one attached hydrogen (secondary N) is 1. The molecule has 0 saturated carbocycles. The first-order valence-electron chi connectivity index (χ1n) is 4.48. The summed E-state index contributed by atoms with van der Waals surface area (Å²) in [7, 11) is 0. The van der Waals surface area contributed by atoms with Gasteiger partial charge in [0.1, 0.15) is 0 Å². The highest BCUT2D eigenvalue weighted by Crippen LogP contribution is 2.29. The second-order valence-electron chi connectivity index (χ2n) is 2.93. The van der Waals surface area contributed by atoms with Crippen molar-refractivity contribution >= 4 is 23.2 Å². The normalized spacial score (nSPS) is 12.9. The van der Waals surface area contributed by atoms with Gasteiger partial charge in [-0.15, -0.1) is 0 Å². The summed E-state index contributed by atoms with van der Waals surface area (Å²) in [5.41, 5.74) is 0.764. The van der Waals surface area contributed by atoms with Crippen LogP contribution in [0.1, 0.15) is 18.5 Å². The van der Waals surface area contributed by atoms with E-state index in [0.717, 1.165) is 12.1 Å². The standard InChI is InChI=1S/C10H13Cl2NO/c1-2-13-9(6-14)10-7(11)4-3-5-8(10)12/h3-5,9,13-14H,2,6H2,1H3. The molecule has 0 fully saturated rings. The average molecular weight is 234 g/mol. The molecule has 0 saturated heterocycles. The Morgan fingerprint density at radius 1 is 1.36 bits per heavy atom. The highest BCUT2D eigenvalue weighted by Gasteiger charge is 2.15. The SMILES string of the molecule is CCNC(CO)c1c(Cl)cccc1Cl. The molecule has 1 aromatic rings. The Balaban J connectivity index is 3.02. The third-order valence-electron chi connectivity index (χ3n) is 1.98. The van der Waals surface area contributed by atoms with Crippen molar-refractivity contribution in [1.29, 1.82) is 0 Å². The van der Waals surface area contributed by atoms with Crippen LogP contribution >= 0.6 is 23.2 Å². The van der Waals surface area contributed by atoms with Crippen LogP contribution in [0.15, 0.2) is 18.2 Å². The number of aliphatic hydroxyl groups is 1. The minimum atomic E-state index is -0.193. The number of likely N-dealkylation sites (N-methyl/N-ethyl adjacent to an activating group) is 1. The Labute approximate surface area is 93.8 Å². The second kappa shape index (κ2) is 5.56. The molecule has 0 aliphatic heterocycles. The maximum absolute atomic E-state index is 9.18. The van der Waals surface area contributed by atoms with Gasteiger partial charge in [0, 0.05) is 15.6 Å². The summed E-state index contributed by atoms with van der Waals surface area (Å²) in [5.74, 6) is 0. The number of hydrogen-bond acceptors (Lipinski definition) is 2. The van der Waals surface area contributed by atoms with Gasteiger partial charge in [0.2, 0.25) is 0 Å². The first-order valence-corrected chi connectivity index (χ1v) is 5.24. The van der Waals surface area contributed by atoms with Crippen LogP contribution in [0, 0.1) is 0 Å². The minimum absolute atomic E-state index is 0.0166. The van der Waals surface area contributed by atoms with Gasteiger partial charge in [-0.25, -0.2) is 0 Å². The smallest absolute Gasteiger partial charge is 0.0627 e. The fraction of sp³-hybridized carbons (Fsp3) is 0.400. The van der Waals surface area contributed by atoms with E-state index in [-0.39, 0.29) is 12.6 Å². The van der Waals surface area contributed by atoms with Crippen molar-refractivity contribution in [2.75, 3.05) is 13.2 Å². The summed E-state index contributed by atoms with van der Waals surface area (Å²) in [6, 6.07) is 5.13. The fourth-order valence-corrected chi connectivity index (χ4v) is 2.01. The lowest BCUT2D eigenvalue weighted by Gasteiger charge is -2.18. The minimum Gasteiger partial charge on any atom is -0.394 e. The lowest BCUT2D eigenvalue weighted by Crippen LogP contribution is -2.24. The van der Waals surface area contributed by atoms with Crippen LogP contribution in [0.25, 0.3) is 0 Å². The number of benzene rings is 1. The average Bonchev–Trinajstić information content (AvgIpc) is 2.16. The molecule has 0 radical (unpaired) electrons. The van der Waals surface area contributed by atoms with Crippen molar-refractivity contribution in [2.24, 2.45) is 0 Å². The van der Waals surface area contributed by atoms with Crippen LogP contribution in [0.2, 0.25) is 10.0 Å². The summed E-state index contributed by atoms with van der Waals surface area (Å²) >= 11 is 12.0. The molecule has 1 aromatic carbocycles. The van der Waals surface area contributed by atoms with Crippen molar-refractivity contribution in [2.45, 2.75) is 13.0 Å². The Bertz CT molecular complexity index is 284. The number of aliphatic hydroxyl groups excluding tert-OH is 1. The van der Waals surface area contributed by atoms with Crippen molar-refractivity contribution in [3.63, 3.8) is 0 Å². The van der Waals surface area contributed by atoms with Crippen molar-refractivity contribution in [3.8, 4) is 0 Å². The van der Waals surface area contributed by atoms with Crippen LogP contribution in [0.4, 0.5) is 0 Å². The predicted molar refractivity (Wildman–Crippen MR) is 60.0 cm³/mol. The first kappa shape index (κ1) is 11.8. The zero-order valence-electron chi connectivity index (χ0n) is 7.93. The highest BCUT2D eigenvalue weighted by atomic mass is 35.5. The molecule has 0 bridgehead atoms. The number of halogens is 2. The van der Waals surface area contributed by atoms with E-state index in [1.54, 1.807) is 18.2 Å². The molecule has 0 amide bonds. The van der Waals surface area contributed by atoms with Gasteiger partial charge in [0.25, 0.3) is 0 Å². The third kappa shape index (κ3) is 2.61. The van der Waals surface area contributed by atoms with Crippen molar-refractivity contribution < 1.29 is 5.11 Å². The van der Waals surface area contributed by atoms with Gasteiger partial charge < -0.3 is 10.4 Å². The van der Waals surface area contributed by atoms with Gasteiger partial charge in [0.05, 0.1) is 12.6 Å². The second-order valence-corrected chi connectivity index (χ2v) is 3.74. The summed E-state index contributed by atoms with van der Waals surface area (Å²) in [6.07, 6.45) is 0. The zero-order chi connectivity index (χ0) is 10.6. The molecule has 0 spiro atoms. The monoisotopic (exact) mass is 233 g/mol. The predicted octanol–water partition coefficient (Wildman–Crippen LogP) is 2.64. The molecule has 78 valence electrons. The third-order valence-corrected chi connectivity index (χ3v) is 2.64. The summed E-state index contributed by atoms with van der Waals surface area (Å²) in [5, 5.41) is 13.5. The van der Waals surface area contributed by atoms with E-state index in [1.165, 1.54) is 0 Å². The fourth-order valence-electron chi connectivity index (χ4n) is 1.35. The summed E-state index contributed by atoms with van der Waals surface area (Å²) < 4.78 is 0. The van der Waals surface area contributed by atoms with Gasteiger partial charge in [-0.3, -0.25) is 0 Å². The van der Waals surface area contributed by atoms with Crippen LogP contribution in [0.3, 0.4) is 0 Å². The molecule has 1 rings (SSSR count). The lowest BCUT2D eigenvalue weighted by atomic mass is 10.1. The van der Waals surface area contributed by atoms with Gasteiger partial charge in [-0.1, -0.05) is 36.2 Å². The van der Waals surface area contributed by atoms with Gasteiger partial charge in [-0.2, -0.15) is 0 Å². The maximum atomic E-state index is 9.18. The summed E-state index contributed by atoms with van der Waals surface area (Å²) in [6.45, 7) is 2.71. The topological polar surface area (TPSA) is 32.3 Å². The number of rotatable bonds is 4. The molecule has 1 unspecified atom stereocenters. The van der Waals surface area contributed by atoms with E-state index < -0.39 is 0 Å². The number of hydrogen-bond donors (Lipinski definition) is 2. The quantitative estimate of drug-likeness (QED) is 0.839. The largest absolute Gasteiger partial charge is 0.394 e. The highest BCUT2D eigenvalue weighted by molar-refractivity contribution is 6.36. The molecule has 0 heterocycles. The molecule has 14 heavy (non-hydrogen) atoms. The van der Waals surface area contributed by atoms with Gasteiger partial charge >= 0.3 is 0 Å². The van der Waals surface area contributed by atoms with Gasteiger partial charge in [0.15, 0.2) is 0 Å². The van der Waals surface area contributed by atoms with E-state index in [1.807, 2.05) is 6.92 Å². The van der Waals surface area contributed by atoms with E-state index in [4.69, 9.17) is 23.2 Å². The van der Waals surface area contributed by atoms with E-state index in [9.17, 15) is 5.11 Å². The van der Waals surface area contributed by atoms with Crippen LogP contribution in [-0.2, 0) is 0 Å². The van der Waals surface area contributed by atoms with Crippen LogP contribution in [0.5, 0.6) is 0 Å². The van der Waals surface area contributed by atoms with Gasteiger partial charge in [-0.05, 0) is 18.7 Å². The molecule has 2 N–H and O–H groups in total. The Morgan fingerprint density at radius 2 is 1.93 bits per heavy atom. The Kier molecular flexibility index (Phi) is 4.69. The lowest BCUT2D eigenvalue weighted by molar-refractivity contribution is 0.246. The maximum Gasteiger partial charge on any atom is 0.0627 e. The van der Waals surface area contributed by atoms with E-state index in [2.05, 4.69) is 5.32 Å². The molecule has 0 aliphatic rings. The molecular formula is C10H13Cl2NO. The van der Waals surface area contributed by atoms with Crippen molar-refractivity contribution in [1.82, 2.24) is 5.32 Å². The molecule has 2 nitrogen and oxygen atoms in total. The molecule has 0 aliphatic carbocycles.